The summed E-state index contributed by atoms with van der Waals surface area (Å²) in [6.07, 6.45) is 12.7. The van der Waals surface area contributed by atoms with Gasteiger partial charge in [-0.2, -0.15) is 0 Å². The Bertz CT molecular complexity index is 260. The van der Waals surface area contributed by atoms with E-state index < -0.39 is 0 Å². The molecule has 20 heavy (non-hydrogen) atoms. The predicted molar refractivity (Wildman–Crippen MR) is 86.4 cm³/mol. The van der Waals surface area contributed by atoms with E-state index in [2.05, 4.69) is 25.9 Å². The van der Waals surface area contributed by atoms with Crippen molar-refractivity contribution in [2.75, 3.05) is 6.61 Å². The molecule has 1 atom stereocenters. The number of hydrogen-bond donors (Lipinski definition) is 2. The second kappa shape index (κ2) is 9.54. The number of hydrazine groups is 1. The quantitative estimate of drug-likeness (QED) is 0.276. The lowest BCUT2D eigenvalue weighted by molar-refractivity contribution is -0.0982. The van der Waals surface area contributed by atoms with Crippen LogP contribution in [0.3, 0.4) is 0 Å². The van der Waals surface area contributed by atoms with Crippen molar-refractivity contribution in [3.05, 3.63) is 12.7 Å². The molecule has 1 unspecified atom stereocenters. The normalized spacial score (nSPS) is 28.2. The molecular formula is C17H34N2O. The molecule has 0 spiro atoms. The van der Waals surface area contributed by atoms with E-state index in [1.807, 2.05) is 6.08 Å². The van der Waals surface area contributed by atoms with Crippen LogP contribution in [0.25, 0.3) is 0 Å². The summed E-state index contributed by atoms with van der Waals surface area (Å²) in [5, 5.41) is 0. The van der Waals surface area contributed by atoms with Crippen LogP contribution in [0.2, 0.25) is 0 Å². The fraction of sp³-hybridized carbons (Fsp3) is 0.882. The molecule has 3 N–H and O–H groups in total. The second-order valence-electron chi connectivity index (χ2n) is 6.33. The smallest absolute Gasteiger partial charge is 0.0848 e. The van der Waals surface area contributed by atoms with Crippen LogP contribution < -0.4 is 11.3 Å². The molecule has 0 aliphatic heterocycles. The molecule has 0 aromatic heterocycles. The van der Waals surface area contributed by atoms with E-state index >= 15 is 0 Å². The highest BCUT2D eigenvalue weighted by molar-refractivity contribution is 4.95. The van der Waals surface area contributed by atoms with E-state index in [0.29, 0.717) is 6.04 Å². The summed E-state index contributed by atoms with van der Waals surface area (Å²) in [6, 6.07) is 0.290. The van der Waals surface area contributed by atoms with E-state index in [9.17, 15) is 0 Å². The first-order chi connectivity index (χ1) is 9.68. The monoisotopic (exact) mass is 282 g/mol. The van der Waals surface area contributed by atoms with Gasteiger partial charge >= 0.3 is 0 Å². The first-order valence-electron chi connectivity index (χ1n) is 8.39. The minimum absolute atomic E-state index is 0.0333. The number of nitrogens with one attached hydrogen (secondary N) is 1. The summed E-state index contributed by atoms with van der Waals surface area (Å²) in [6.45, 7) is 8.99. The third-order valence-electron chi connectivity index (χ3n) is 4.79. The number of hydrogen-bond acceptors (Lipinski definition) is 3. The standard InChI is InChI=1S/C17H34N2O/c1-4-6-7-8-9-10-16(19-18)17(20-5-2)13-11-15(3)12-14-17/h4,15-16,19H,1,5-14,18H2,2-3H3. The molecule has 1 aliphatic rings. The molecule has 0 radical (unpaired) electrons. The number of unbranched alkanes of at least 4 members (excludes halogenated alkanes) is 3. The van der Waals surface area contributed by atoms with Crippen molar-refractivity contribution in [3.8, 4) is 0 Å². The first-order valence-corrected chi connectivity index (χ1v) is 8.39. The Morgan fingerprint density at radius 3 is 2.60 bits per heavy atom. The number of rotatable bonds is 10. The van der Waals surface area contributed by atoms with Gasteiger partial charge in [-0.15, -0.1) is 6.58 Å². The topological polar surface area (TPSA) is 47.3 Å². The lowest BCUT2D eigenvalue weighted by atomic mass is 9.74. The third kappa shape index (κ3) is 5.19. The van der Waals surface area contributed by atoms with Gasteiger partial charge in [-0.05, 0) is 57.8 Å². The molecule has 0 bridgehead atoms. The summed E-state index contributed by atoms with van der Waals surface area (Å²) in [7, 11) is 0. The van der Waals surface area contributed by atoms with E-state index in [-0.39, 0.29) is 5.60 Å². The van der Waals surface area contributed by atoms with Gasteiger partial charge in [-0.25, -0.2) is 0 Å². The van der Waals surface area contributed by atoms with Crippen LogP contribution in [0.5, 0.6) is 0 Å². The van der Waals surface area contributed by atoms with Crippen molar-refractivity contribution in [3.63, 3.8) is 0 Å². The van der Waals surface area contributed by atoms with E-state index in [1.54, 1.807) is 0 Å². The lowest BCUT2D eigenvalue weighted by Gasteiger charge is -2.44. The van der Waals surface area contributed by atoms with Crippen molar-refractivity contribution in [2.45, 2.75) is 83.3 Å². The predicted octanol–water partition coefficient (Wildman–Crippen LogP) is 3.94. The molecule has 0 amide bonds. The average Bonchev–Trinajstić information content (AvgIpc) is 2.46. The van der Waals surface area contributed by atoms with Crippen molar-refractivity contribution in [2.24, 2.45) is 11.8 Å². The Hall–Kier alpha value is -0.380. The highest BCUT2D eigenvalue weighted by atomic mass is 16.5. The molecule has 1 saturated carbocycles. The van der Waals surface area contributed by atoms with E-state index in [0.717, 1.165) is 38.2 Å². The number of allylic oxidation sites excluding steroid dienone is 1. The van der Waals surface area contributed by atoms with Gasteiger partial charge in [0.1, 0.15) is 0 Å². The number of ether oxygens (including phenoxy) is 1. The zero-order valence-corrected chi connectivity index (χ0v) is 13.5. The largest absolute Gasteiger partial charge is 0.374 e. The minimum Gasteiger partial charge on any atom is -0.374 e. The van der Waals surface area contributed by atoms with Crippen molar-refractivity contribution < 1.29 is 4.74 Å². The lowest BCUT2D eigenvalue weighted by Crippen LogP contribution is -2.56. The summed E-state index contributed by atoms with van der Waals surface area (Å²) in [4.78, 5) is 0. The molecule has 0 aromatic rings. The Balaban J connectivity index is 2.50. The summed E-state index contributed by atoms with van der Waals surface area (Å²) in [5.41, 5.74) is 3.02. The van der Waals surface area contributed by atoms with Gasteiger partial charge in [-0.3, -0.25) is 11.3 Å². The minimum atomic E-state index is -0.0333. The van der Waals surface area contributed by atoms with Crippen LogP contribution >= 0.6 is 0 Å². The second-order valence-corrected chi connectivity index (χ2v) is 6.33. The zero-order chi connectivity index (χ0) is 14.8. The van der Waals surface area contributed by atoms with Crippen LogP contribution in [0, 0.1) is 5.92 Å². The molecular weight excluding hydrogens is 248 g/mol. The van der Waals surface area contributed by atoms with Gasteiger partial charge in [0, 0.05) is 6.61 Å². The molecule has 0 saturated heterocycles. The van der Waals surface area contributed by atoms with Crippen molar-refractivity contribution in [1.82, 2.24) is 5.43 Å². The maximum atomic E-state index is 6.19. The van der Waals surface area contributed by atoms with E-state index in [1.165, 1.54) is 32.1 Å². The molecule has 1 aliphatic carbocycles. The van der Waals surface area contributed by atoms with Gasteiger partial charge in [0.15, 0.2) is 0 Å². The molecule has 1 rings (SSSR count). The molecule has 0 aromatic carbocycles. The van der Waals surface area contributed by atoms with Crippen molar-refractivity contribution >= 4 is 0 Å². The van der Waals surface area contributed by atoms with Gasteiger partial charge in [0.2, 0.25) is 0 Å². The van der Waals surface area contributed by atoms with Gasteiger partial charge in [0.05, 0.1) is 11.6 Å². The molecule has 1 fully saturated rings. The fourth-order valence-electron chi connectivity index (χ4n) is 3.44. The maximum Gasteiger partial charge on any atom is 0.0848 e. The van der Waals surface area contributed by atoms with Crippen LogP contribution in [-0.2, 0) is 4.74 Å². The Morgan fingerprint density at radius 2 is 2.05 bits per heavy atom. The third-order valence-corrected chi connectivity index (χ3v) is 4.79. The highest BCUT2D eigenvalue weighted by Crippen LogP contribution is 2.38. The molecule has 118 valence electrons. The molecule has 3 nitrogen and oxygen atoms in total. The van der Waals surface area contributed by atoms with Crippen LogP contribution in [0.15, 0.2) is 12.7 Å². The average molecular weight is 282 g/mol. The van der Waals surface area contributed by atoms with Gasteiger partial charge in [0.25, 0.3) is 0 Å². The van der Waals surface area contributed by atoms with Crippen LogP contribution in [0.1, 0.15) is 71.6 Å². The Labute approximate surface area is 125 Å². The van der Waals surface area contributed by atoms with E-state index in [4.69, 9.17) is 10.6 Å². The van der Waals surface area contributed by atoms with Gasteiger partial charge in [-0.1, -0.05) is 25.8 Å². The SMILES string of the molecule is C=CCCCCCC(NN)C1(OCC)CCC(C)CC1. The number of nitrogens with two attached hydrogens (primary N) is 1. The summed E-state index contributed by atoms with van der Waals surface area (Å²) in [5.74, 6) is 6.68. The van der Waals surface area contributed by atoms with Crippen LogP contribution in [0.4, 0.5) is 0 Å². The molecule has 3 heteroatoms. The summed E-state index contributed by atoms with van der Waals surface area (Å²) < 4.78 is 6.19. The maximum absolute atomic E-state index is 6.19. The summed E-state index contributed by atoms with van der Waals surface area (Å²) >= 11 is 0. The Kier molecular flexibility index (Phi) is 8.43. The molecule has 0 heterocycles. The Morgan fingerprint density at radius 1 is 1.35 bits per heavy atom. The van der Waals surface area contributed by atoms with Gasteiger partial charge < -0.3 is 4.74 Å². The zero-order valence-electron chi connectivity index (χ0n) is 13.5. The first kappa shape index (κ1) is 17.7. The highest BCUT2D eigenvalue weighted by Gasteiger charge is 2.41. The van der Waals surface area contributed by atoms with Crippen molar-refractivity contribution in [1.29, 1.82) is 0 Å². The van der Waals surface area contributed by atoms with Crippen LogP contribution in [-0.4, -0.2) is 18.2 Å². The fourth-order valence-corrected chi connectivity index (χ4v) is 3.44.